The molecular formula is C7H3ClFIN2. The molecule has 0 unspecified atom stereocenters. The third-order valence-electron chi connectivity index (χ3n) is 1.55. The number of fused-ring (bicyclic) bond motifs is 1. The summed E-state index contributed by atoms with van der Waals surface area (Å²) in [5, 5.41) is 7.54. The minimum Gasteiger partial charge on any atom is -0.271 e. The molecule has 0 aliphatic carbocycles. The van der Waals surface area contributed by atoms with Crippen molar-refractivity contribution in [1.82, 2.24) is 10.2 Å². The number of nitrogens with zero attached hydrogens (tertiary/aromatic N) is 1. The molecule has 0 radical (unpaired) electrons. The quantitative estimate of drug-likeness (QED) is 0.744. The van der Waals surface area contributed by atoms with Gasteiger partial charge in [0.05, 0.1) is 10.5 Å². The summed E-state index contributed by atoms with van der Waals surface area (Å²) in [5.41, 5.74) is 0.686. The van der Waals surface area contributed by atoms with Crippen molar-refractivity contribution in [2.75, 3.05) is 0 Å². The van der Waals surface area contributed by atoms with Gasteiger partial charge in [-0.05, 0) is 34.7 Å². The Balaban J connectivity index is 2.87. The number of halogens is 3. The van der Waals surface area contributed by atoms with E-state index in [0.29, 0.717) is 5.52 Å². The zero-order valence-corrected chi connectivity index (χ0v) is 8.65. The first-order chi connectivity index (χ1) is 5.68. The molecule has 1 aromatic heterocycles. The molecule has 62 valence electrons. The van der Waals surface area contributed by atoms with Crippen LogP contribution >= 0.6 is 34.2 Å². The number of benzene rings is 1. The highest BCUT2D eigenvalue weighted by atomic mass is 127. The van der Waals surface area contributed by atoms with E-state index >= 15 is 0 Å². The molecule has 0 fully saturated rings. The van der Waals surface area contributed by atoms with Crippen molar-refractivity contribution in [2.24, 2.45) is 0 Å². The van der Waals surface area contributed by atoms with E-state index in [1.165, 1.54) is 12.1 Å². The first-order valence-corrected chi connectivity index (χ1v) is 4.63. The lowest BCUT2D eigenvalue weighted by molar-refractivity contribution is 0.630. The molecule has 0 atom stereocenters. The van der Waals surface area contributed by atoms with Gasteiger partial charge in [0.1, 0.15) is 9.52 Å². The summed E-state index contributed by atoms with van der Waals surface area (Å²) in [6.07, 6.45) is 0. The van der Waals surface area contributed by atoms with Crippen molar-refractivity contribution >= 4 is 45.1 Å². The molecule has 0 spiro atoms. The first-order valence-electron chi connectivity index (χ1n) is 3.17. The number of hydrogen-bond acceptors (Lipinski definition) is 1. The number of H-pyrrole nitrogens is 1. The summed E-state index contributed by atoms with van der Waals surface area (Å²) >= 11 is 7.62. The van der Waals surface area contributed by atoms with Crippen molar-refractivity contribution in [3.63, 3.8) is 0 Å². The Morgan fingerprint density at radius 3 is 3.00 bits per heavy atom. The van der Waals surface area contributed by atoms with E-state index in [1.54, 1.807) is 0 Å². The van der Waals surface area contributed by atoms with Gasteiger partial charge in [-0.1, -0.05) is 11.6 Å². The fraction of sp³-hybridized carbons (Fsp3) is 0. The van der Waals surface area contributed by atoms with Gasteiger partial charge in [0.15, 0.2) is 0 Å². The normalized spacial score (nSPS) is 10.9. The Hall–Kier alpha value is -0.360. The summed E-state index contributed by atoms with van der Waals surface area (Å²) in [4.78, 5) is 0. The SMILES string of the molecule is Fc1cc2c(I)[nH]nc2cc1Cl. The highest BCUT2D eigenvalue weighted by molar-refractivity contribution is 14.1. The Labute approximate surface area is 86.2 Å². The zero-order valence-electron chi connectivity index (χ0n) is 5.74. The lowest BCUT2D eigenvalue weighted by atomic mass is 10.2. The number of nitrogens with one attached hydrogen (secondary N) is 1. The van der Waals surface area contributed by atoms with E-state index in [9.17, 15) is 4.39 Å². The van der Waals surface area contributed by atoms with Crippen LogP contribution in [0.2, 0.25) is 5.02 Å². The highest BCUT2D eigenvalue weighted by Gasteiger charge is 2.06. The minimum atomic E-state index is -0.413. The lowest BCUT2D eigenvalue weighted by Gasteiger charge is -1.92. The van der Waals surface area contributed by atoms with Crippen LogP contribution in [0.3, 0.4) is 0 Å². The van der Waals surface area contributed by atoms with E-state index in [1.807, 2.05) is 0 Å². The van der Waals surface area contributed by atoms with E-state index in [4.69, 9.17) is 11.6 Å². The summed E-state index contributed by atoms with van der Waals surface area (Å²) in [7, 11) is 0. The van der Waals surface area contributed by atoms with Crippen LogP contribution in [0.4, 0.5) is 4.39 Å². The van der Waals surface area contributed by atoms with Crippen LogP contribution in [-0.4, -0.2) is 10.2 Å². The predicted molar refractivity (Wildman–Crippen MR) is 53.8 cm³/mol. The molecule has 0 saturated heterocycles. The molecule has 0 saturated carbocycles. The standard InChI is InChI=1S/C7H3ClFIN2/c8-4-2-6-3(1-5(4)9)7(10)12-11-6/h1-2H,(H,11,12). The summed E-state index contributed by atoms with van der Waals surface area (Å²) in [5.74, 6) is -0.413. The van der Waals surface area contributed by atoms with Crippen LogP contribution in [-0.2, 0) is 0 Å². The van der Waals surface area contributed by atoms with Gasteiger partial charge in [-0.15, -0.1) is 0 Å². The average molecular weight is 296 g/mol. The molecule has 2 nitrogen and oxygen atoms in total. The second kappa shape index (κ2) is 2.85. The van der Waals surface area contributed by atoms with Gasteiger partial charge in [0.25, 0.3) is 0 Å². The largest absolute Gasteiger partial charge is 0.271 e. The molecule has 2 aromatic rings. The molecule has 1 N–H and O–H groups in total. The fourth-order valence-corrected chi connectivity index (χ4v) is 1.68. The molecule has 0 bridgehead atoms. The molecule has 2 rings (SSSR count). The van der Waals surface area contributed by atoms with Gasteiger partial charge in [0, 0.05) is 5.39 Å². The van der Waals surface area contributed by atoms with Crippen molar-refractivity contribution in [2.45, 2.75) is 0 Å². The van der Waals surface area contributed by atoms with Crippen molar-refractivity contribution in [3.05, 3.63) is 26.7 Å². The van der Waals surface area contributed by atoms with E-state index < -0.39 is 5.82 Å². The average Bonchev–Trinajstić information content (AvgIpc) is 2.35. The molecule has 12 heavy (non-hydrogen) atoms. The summed E-state index contributed by atoms with van der Waals surface area (Å²) in [6, 6.07) is 2.88. The van der Waals surface area contributed by atoms with Gasteiger partial charge < -0.3 is 0 Å². The Morgan fingerprint density at radius 2 is 2.25 bits per heavy atom. The maximum atomic E-state index is 12.9. The van der Waals surface area contributed by atoms with Crippen molar-refractivity contribution < 1.29 is 4.39 Å². The Kier molecular flexibility index (Phi) is 1.96. The van der Waals surface area contributed by atoms with Crippen molar-refractivity contribution in [3.8, 4) is 0 Å². The van der Waals surface area contributed by atoms with Crippen LogP contribution in [0.15, 0.2) is 12.1 Å². The second-order valence-corrected chi connectivity index (χ2v) is 3.81. The monoisotopic (exact) mass is 296 g/mol. The lowest BCUT2D eigenvalue weighted by Crippen LogP contribution is -1.77. The van der Waals surface area contributed by atoms with Crippen LogP contribution in [0.5, 0.6) is 0 Å². The molecular weight excluding hydrogens is 293 g/mol. The van der Waals surface area contributed by atoms with E-state index in [0.717, 1.165) is 9.09 Å². The number of rotatable bonds is 0. The van der Waals surface area contributed by atoms with Crippen LogP contribution in [0.1, 0.15) is 0 Å². The minimum absolute atomic E-state index is 0.102. The molecule has 0 aliphatic heterocycles. The molecule has 1 heterocycles. The number of hydrogen-bond donors (Lipinski definition) is 1. The first kappa shape index (κ1) is 8.25. The fourth-order valence-electron chi connectivity index (χ4n) is 0.974. The van der Waals surface area contributed by atoms with Crippen LogP contribution < -0.4 is 0 Å². The molecule has 0 amide bonds. The summed E-state index contributed by atoms with van der Waals surface area (Å²) in [6.45, 7) is 0. The number of aromatic nitrogens is 2. The van der Waals surface area contributed by atoms with Gasteiger partial charge >= 0.3 is 0 Å². The predicted octanol–water partition coefficient (Wildman–Crippen LogP) is 2.96. The van der Waals surface area contributed by atoms with Crippen LogP contribution in [0.25, 0.3) is 10.9 Å². The van der Waals surface area contributed by atoms with Gasteiger partial charge in [-0.2, -0.15) is 5.10 Å². The smallest absolute Gasteiger partial charge is 0.142 e. The van der Waals surface area contributed by atoms with Crippen LogP contribution in [0, 0.1) is 9.52 Å². The third kappa shape index (κ3) is 1.19. The summed E-state index contributed by atoms with van der Waals surface area (Å²) < 4.78 is 13.7. The van der Waals surface area contributed by atoms with E-state index in [2.05, 4.69) is 32.8 Å². The van der Waals surface area contributed by atoms with Gasteiger partial charge in [-0.3, -0.25) is 5.10 Å². The van der Waals surface area contributed by atoms with Gasteiger partial charge in [-0.25, -0.2) is 4.39 Å². The maximum absolute atomic E-state index is 12.9. The topological polar surface area (TPSA) is 28.7 Å². The third-order valence-corrected chi connectivity index (χ3v) is 2.66. The molecule has 0 aliphatic rings. The highest BCUT2D eigenvalue weighted by Crippen LogP contribution is 2.24. The molecule has 1 aromatic carbocycles. The second-order valence-electron chi connectivity index (χ2n) is 2.32. The Bertz CT molecular complexity index is 440. The zero-order chi connectivity index (χ0) is 8.72. The van der Waals surface area contributed by atoms with E-state index in [-0.39, 0.29) is 5.02 Å². The van der Waals surface area contributed by atoms with Gasteiger partial charge in [0.2, 0.25) is 0 Å². The maximum Gasteiger partial charge on any atom is 0.142 e. The number of aromatic amines is 1. The molecule has 5 heteroatoms. The van der Waals surface area contributed by atoms with Crippen molar-refractivity contribution in [1.29, 1.82) is 0 Å². The Morgan fingerprint density at radius 1 is 1.50 bits per heavy atom.